The van der Waals surface area contributed by atoms with Gasteiger partial charge >= 0.3 is 5.97 Å². The van der Waals surface area contributed by atoms with Crippen molar-refractivity contribution >= 4 is 21.9 Å². The fraction of sp³-hybridized carbons (Fsp3) is 0.300. The summed E-state index contributed by atoms with van der Waals surface area (Å²) in [6, 6.07) is 1.74. The molecule has 90 valence electrons. The molecule has 0 aliphatic carbocycles. The Kier molecular flexibility index (Phi) is 4.52. The molecule has 0 saturated heterocycles. The Morgan fingerprint density at radius 3 is 2.82 bits per heavy atom. The first-order chi connectivity index (χ1) is 8.01. The molecule has 0 spiro atoms. The van der Waals surface area contributed by atoms with Crippen molar-refractivity contribution in [1.29, 1.82) is 5.26 Å². The highest BCUT2D eigenvalue weighted by atomic mass is 79.9. The van der Waals surface area contributed by atoms with E-state index in [0.29, 0.717) is 0 Å². The smallest absolute Gasteiger partial charge is 0.310 e. The predicted octanol–water partition coefficient (Wildman–Crippen LogP) is 2.37. The van der Waals surface area contributed by atoms with Crippen molar-refractivity contribution < 1.29 is 18.3 Å². The van der Waals surface area contributed by atoms with E-state index in [1.807, 2.05) is 0 Å². The van der Waals surface area contributed by atoms with Gasteiger partial charge in [0.05, 0.1) is 19.1 Å². The van der Waals surface area contributed by atoms with Gasteiger partial charge in [-0.15, -0.1) is 0 Å². The molecule has 0 radical (unpaired) electrons. The van der Waals surface area contributed by atoms with Gasteiger partial charge in [-0.2, -0.15) is 5.26 Å². The minimum Gasteiger partial charge on any atom is -0.469 e. The molecular formula is C10H7BrF2N2O2. The van der Waals surface area contributed by atoms with Gasteiger partial charge < -0.3 is 4.74 Å². The monoisotopic (exact) mass is 304 g/mol. The van der Waals surface area contributed by atoms with Crippen LogP contribution in [0.25, 0.3) is 0 Å². The number of hydrogen-bond donors (Lipinski definition) is 0. The molecule has 1 aromatic rings. The molecule has 0 N–H and O–H groups in total. The molecule has 0 aliphatic heterocycles. The number of nitriles is 1. The van der Waals surface area contributed by atoms with E-state index in [0.717, 1.165) is 6.20 Å². The van der Waals surface area contributed by atoms with Gasteiger partial charge in [0.25, 0.3) is 6.43 Å². The highest BCUT2D eigenvalue weighted by molar-refractivity contribution is 9.10. The Labute approximate surface area is 104 Å². The van der Waals surface area contributed by atoms with Crippen molar-refractivity contribution in [3.63, 3.8) is 0 Å². The van der Waals surface area contributed by atoms with Crippen LogP contribution in [0.3, 0.4) is 0 Å². The number of aromatic nitrogens is 1. The highest BCUT2D eigenvalue weighted by Crippen LogP contribution is 2.31. The van der Waals surface area contributed by atoms with Crippen LogP contribution in [0, 0.1) is 11.3 Å². The topological polar surface area (TPSA) is 63.0 Å². The maximum atomic E-state index is 12.6. The number of alkyl halides is 2. The molecule has 4 nitrogen and oxygen atoms in total. The van der Waals surface area contributed by atoms with E-state index in [4.69, 9.17) is 5.26 Å². The summed E-state index contributed by atoms with van der Waals surface area (Å²) in [5, 5.41) is 8.79. The van der Waals surface area contributed by atoms with E-state index in [1.54, 1.807) is 6.07 Å². The Balaban J connectivity index is 3.28. The normalized spacial score (nSPS) is 10.1. The maximum absolute atomic E-state index is 12.6. The molecule has 0 saturated carbocycles. The number of pyridine rings is 1. The Morgan fingerprint density at radius 2 is 2.35 bits per heavy atom. The van der Waals surface area contributed by atoms with Crippen molar-refractivity contribution in [3.05, 3.63) is 27.5 Å². The minimum atomic E-state index is -2.74. The Hall–Kier alpha value is -1.55. The molecule has 0 aliphatic rings. The number of hydrogen-bond acceptors (Lipinski definition) is 4. The fourth-order valence-electron chi connectivity index (χ4n) is 1.17. The minimum absolute atomic E-state index is 0.0180. The molecule has 1 rings (SSSR count). The molecule has 0 bridgehead atoms. The predicted molar refractivity (Wildman–Crippen MR) is 57.3 cm³/mol. The number of nitrogens with zero attached hydrogens (tertiary/aromatic N) is 2. The van der Waals surface area contributed by atoms with Crippen LogP contribution in [0.1, 0.15) is 23.2 Å². The summed E-state index contributed by atoms with van der Waals surface area (Å²) in [4.78, 5) is 14.7. The van der Waals surface area contributed by atoms with E-state index in [9.17, 15) is 13.6 Å². The second-order valence-electron chi connectivity index (χ2n) is 3.02. The third-order valence-electron chi connectivity index (χ3n) is 2.03. The molecule has 17 heavy (non-hydrogen) atoms. The van der Waals surface area contributed by atoms with Gasteiger partial charge in [-0.05, 0) is 15.9 Å². The van der Waals surface area contributed by atoms with E-state index >= 15 is 0 Å². The molecule has 0 atom stereocenters. The molecule has 1 heterocycles. The fourth-order valence-corrected chi connectivity index (χ4v) is 1.78. The zero-order valence-electron chi connectivity index (χ0n) is 8.71. The third-order valence-corrected chi connectivity index (χ3v) is 2.96. The second-order valence-corrected chi connectivity index (χ2v) is 3.81. The van der Waals surface area contributed by atoms with Crippen LogP contribution in [-0.4, -0.2) is 18.1 Å². The van der Waals surface area contributed by atoms with Crippen molar-refractivity contribution in [2.45, 2.75) is 12.8 Å². The number of carbonyl (C=O) groups excluding carboxylic acids is 1. The summed E-state index contributed by atoms with van der Waals surface area (Å²) in [6.45, 7) is 0. The number of methoxy groups -OCH3 is 1. The maximum Gasteiger partial charge on any atom is 0.310 e. The number of rotatable bonds is 3. The zero-order valence-corrected chi connectivity index (χ0v) is 10.3. The first-order valence-electron chi connectivity index (χ1n) is 4.43. The lowest BCUT2D eigenvalue weighted by Gasteiger charge is -2.09. The summed E-state index contributed by atoms with van der Waals surface area (Å²) in [5.41, 5.74) is -0.327. The average molecular weight is 305 g/mol. The summed E-state index contributed by atoms with van der Waals surface area (Å²) >= 11 is 2.95. The summed E-state index contributed by atoms with van der Waals surface area (Å²) in [5.74, 6) is -0.629. The van der Waals surface area contributed by atoms with Gasteiger partial charge in [-0.3, -0.25) is 4.79 Å². The lowest BCUT2D eigenvalue weighted by Crippen LogP contribution is -2.09. The standard InChI is InChI=1S/C10H7BrF2N2O2/c1-17-8(16)2-5-7(3-14)15-4-6(9(5)11)10(12)13/h4,10H,2H2,1H3. The van der Waals surface area contributed by atoms with Gasteiger partial charge in [-0.25, -0.2) is 13.8 Å². The van der Waals surface area contributed by atoms with Crippen molar-refractivity contribution in [3.8, 4) is 6.07 Å². The molecule has 0 aromatic carbocycles. The van der Waals surface area contributed by atoms with Gasteiger partial charge in [0.15, 0.2) is 0 Å². The second kappa shape index (κ2) is 5.68. The van der Waals surface area contributed by atoms with Crippen molar-refractivity contribution in [1.82, 2.24) is 4.98 Å². The summed E-state index contributed by atoms with van der Waals surface area (Å²) in [6.07, 6.45) is -2.11. The van der Waals surface area contributed by atoms with Crippen LogP contribution in [0.5, 0.6) is 0 Å². The van der Waals surface area contributed by atoms with E-state index in [-0.39, 0.29) is 27.7 Å². The van der Waals surface area contributed by atoms with Gasteiger partial charge in [0.1, 0.15) is 11.8 Å². The van der Waals surface area contributed by atoms with Crippen LogP contribution in [0.2, 0.25) is 0 Å². The Morgan fingerprint density at radius 1 is 1.71 bits per heavy atom. The molecule has 0 unspecified atom stereocenters. The third kappa shape index (κ3) is 2.97. The van der Waals surface area contributed by atoms with Gasteiger partial charge in [0, 0.05) is 16.2 Å². The van der Waals surface area contributed by atoms with Gasteiger partial charge in [0.2, 0.25) is 0 Å². The number of halogens is 3. The number of esters is 1. The van der Waals surface area contributed by atoms with Crippen molar-refractivity contribution in [2.24, 2.45) is 0 Å². The molecule has 0 fully saturated rings. The number of ether oxygens (including phenoxy) is 1. The molecular weight excluding hydrogens is 298 g/mol. The van der Waals surface area contributed by atoms with Crippen LogP contribution >= 0.6 is 15.9 Å². The number of carbonyl (C=O) groups is 1. The highest BCUT2D eigenvalue weighted by Gasteiger charge is 2.20. The van der Waals surface area contributed by atoms with Gasteiger partial charge in [-0.1, -0.05) is 0 Å². The first kappa shape index (κ1) is 13.5. The lowest BCUT2D eigenvalue weighted by molar-refractivity contribution is -0.139. The molecule has 1 aromatic heterocycles. The Bertz CT molecular complexity index is 486. The van der Waals surface area contributed by atoms with Crippen LogP contribution in [0.15, 0.2) is 10.7 Å². The first-order valence-corrected chi connectivity index (χ1v) is 5.22. The van der Waals surface area contributed by atoms with E-state index < -0.39 is 12.4 Å². The molecule has 0 amide bonds. The van der Waals surface area contributed by atoms with Crippen LogP contribution < -0.4 is 0 Å². The molecule has 7 heteroatoms. The summed E-state index contributed by atoms with van der Waals surface area (Å²) in [7, 11) is 1.17. The van der Waals surface area contributed by atoms with Crippen LogP contribution in [0.4, 0.5) is 8.78 Å². The van der Waals surface area contributed by atoms with Crippen LogP contribution in [-0.2, 0) is 16.0 Å². The zero-order chi connectivity index (χ0) is 13.0. The van der Waals surface area contributed by atoms with E-state index in [2.05, 4.69) is 25.7 Å². The lowest BCUT2D eigenvalue weighted by atomic mass is 10.1. The SMILES string of the molecule is COC(=O)Cc1c(C#N)ncc(C(F)F)c1Br. The van der Waals surface area contributed by atoms with Crippen molar-refractivity contribution in [2.75, 3.05) is 7.11 Å². The quantitative estimate of drug-likeness (QED) is 0.804. The largest absolute Gasteiger partial charge is 0.469 e. The summed E-state index contributed by atoms with van der Waals surface area (Å²) < 4.78 is 29.6. The van der Waals surface area contributed by atoms with E-state index in [1.165, 1.54) is 7.11 Å². The average Bonchev–Trinajstić information content (AvgIpc) is 2.30.